The largest absolute Gasteiger partial charge is 0.377 e. The van der Waals surface area contributed by atoms with E-state index in [1.54, 1.807) is 17.1 Å². The molecule has 6 heteroatoms. The molecule has 3 rings (SSSR count). The molecule has 1 aromatic heterocycles. The summed E-state index contributed by atoms with van der Waals surface area (Å²) in [7, 11) is 0. The van der Waals surface area contributed by atoms with Crippen molar-refractivity contribution in [3.63, 3.8) is 0 Å². The van der Waals surface area contributed by atoms with Crippen LogP contribution in [0.15, 0.2) is 36.7 Å². The fourth-order valence-electron chi connectivity index (χ4n) is 2.87. The van der Waals surface area contributed by atoms with E-state index in [9.17, 15) is 4.79 Å². The van der Waals surface area contributed by atoms with E-state index >= 15 is 0 Å². The molecule has 0 N–H and O–H groups in total. The summed E-state index contributed by atoms with van der Waals surface area (Å²) in [5.74, 6) is 0.00248. The maximum Gasteiger partial charge on any atom is 0.257 e. The first kappa shape index (κ1) is 16.0. The van der Waals surface area contributed by atoms with Crippen molar-refractivity contribution in [1.29, 1.82) is 0 Å². The fraction of sp³-hybridized carbons (Fsp3) is 0.412. The van der Waals surface area contributed by atoms with Gasteiger partial charge < -0.3 is 9.64 Å². The van der Waals surface area contributed by atoms with Crippen LogP contribution in [0.25, 0.3) is 5.69 Å². The minimum Gasteiger partial charge on any atom is -0.377 e. The molecule has 1 saturated heterocycles. The number of piperidine rings is 1. The zero-order chi connectivity index (χ0) is 16.2. The number of hydrogen-bond donors (Lipinski definition) is 0. The van der Waals surface area contributed by atoms with Gasteiger partial charge in [0.15, 0.2) is 0 Å². The number of nitrogens with zero attached hydrogens (tertiary/aromatic N) is 3. The third-order valence-corrected chi connectivity index (χ3v) is 4.21. The first-order valence-corrected chi connectivity index (χ1v) is 8.26. The molecule has 1 atom stereocenters. The average Bonchev–Trinajstić information content (AvgIpc) is 3.05. The number of carbonyl (C=O) groups excluding carboxylic acids is 1. The topological polar surface area (TPSA) is 47.4 Å². The molecule has 23 heavy (non-hydrogen) atoms. The average molecular weight is 334 g/mol. The number of amides is 1. The van der Waals surface area contributed by atoms with Gasteiger partial charge in [0, 0.05) is 30.9 Å². The number of likely N-dealkylation sites (tertiary alicyclic amines) is 1. The lowest BCUT2D eigenvalue weighted by molar-refractivity contribution is 0.00724. The molecule has 1 aromatic carbocycles. The zero-order valence-electron chi connectivity index (χ0n) is 13.1. The first-order valence-electron chi connectivity index (χ1n) is 7.89. The number of halogens is 1. The summed E-state index contributed by atoms with van der Waals surface area (Å²) in [4.78, 5) is 14.5. The van der Waals surface area contributed by atoms with Gasteiger partial charge in [0.25, 0.3) is 5.91 Å². The molecular weight excluding hydrogens is 314 g/mol. The third-order valence-electron chi connectivity index (χ3n) is 3.97. The summed E-state index contributed by atoms with van der Waals surface area (Å²) in [6.45, 7) is 4.08. The maximum atomic E-state index is 12.7. The standard InChI is InChI=1S/C17H20ClN3O2/c1-2-23-16-7-4-8-20(12-16)17(22)13-10-19-21(11-13)15-6-3-5-14(18)9-15/h3,5-6,9-11,16H,2,4,7-8,12H2,1H3/t16-/m0/s1. The molecule has 0 aliphatic carbocycles. The van der Waals surface area contributed by atoms with Crippen molar-refractivity contribution in [1.82, 2.24) is 14.7 Å². The van der Waals surface area contributed by atoms with Gasteiger partial charge in [-0.25, -0.2) is 4.68 Å². The van der Waals surface area contributed by atoms with E-state index in [0.29, 0.717) is 23.7 Å². The van der Waals surface area contributed by atoms with E-state index in [1.165, 1.54) is 0 Å². The summed E-state index contributed by atoms with van der Waals surface area (Å²) in [6.07, 6.45) is 5.48. The van der Waals surface area contributed by atoms with Crippen molar-refractivity contribution >= 4 is 17.5 Å². The normalized spacial score (nSPS) is 18.2. The SMILES string of the molecule is CCO[C@H]1CCCN(C(=O)c2cnn(-c3cccc(Cl)c3)c2)C1. The fourth-order valence-corrected chi connectivity index (χ4v) is 3.05. The quantitative estimate of drug-likeness (QED) is 0.863. The monoisotopic (exact) mass is 333 g/mol. The van der Waals surface area contributed by atoms with Crippen LogP contribution in [0.1, 0.15) is 30.1 Å². The molecule has 0 saturated carbocycles. The summed E-state index contributed by atoms with van der Waals surface area (Å²) >= 11 is 6.00. The van der Waals surface area contributed by atoms with Crippen LogP contribution in [-0.4, -0.2) is 46.4 Å². The third kappa shape index (κ3) is 3.74. The van der Waals surface area contributed by atoms with E-state index in [1.807, 2.05) is 36.1 Å². The Labute approximate surface area is 140 Å². The minimum absolute atomic E-state index is 0.00248. The van der Waals surface area contributed by atoms with Crippen molar-refractivity contribution < 1.29 is 9.53 Å². The van der Waals surface area contributed by atoms with Crippen LogP contribution < -0.4 is 0 Å². The Morgan fingerprint density at radius 3 is 3.13 bits per heavy atom. The Morgan fingerprint density at radius 2 is 2.35 bits per heavy atom. The highest BCUT2D eigenvalue weighted by molar-refractivity contribution is 6.30. The van der Waals surface area contributed by atoms with Gasteiger partial charge in [0.2, 0.25) is 0 Å². The molecule has 0 spiro atoms. The Morgan fingerprint density at radius 1 is 1.48 bits per heavy atom. The number of ether oxygens (including phenoxy) is 1. The predicted molar refractivity (Wildman–Crippen MR) is 89.1 cm³/mol. The van der Waals surface area contributed by atoms with E-state index < -0.39 is 0 Å². The lowest BCUT2D eigenvalue weighted by atomic mass is 10.1. The molecule has 1 aliphatic heterocycles. The lowest BCUT2D eigenvalue weighted by Crippen LogP contribution is -2.43. The van der Waals surface area contributed by atoms with Gasteiger partial charge in [-0.1, -0.05) is 17.7 Å². The van der Waals surface area contributed by atoms with Gasteiger partial charge in [-0.05, 0) is 38.0 Å². The van der Waals surface area contributed by atoms with E-state index in [0.717, 1.165) is 25.1 Å². The van der Waals surface area contributed by atoms with Gasteiger partial charge in [-0.2, -0.15) is 5.10 Å². The van der Waals surface area contributed by atoms with Gasteiger partial charge >= 0.3 is 0 Å². The van der Waals surface area contributed by atoms with Crippen molar-refractivity contribution in [3.05, 3.63) is 47.2 Å². The maximum absolute atomic E-state index is 12.7. The van der Waals surface area contributed by atoms with Crippen LogP contribution >= 0.6 is 11.6 Å². The predicted octanol–water partition coefficient (Wildman–Crippen LogP) is 3.17. The Hall–Kier alpha value is -1.85. The van der Waals surface area contributed by atoms with Gasteiger partial charge in [0.1, 0.15) is 0 Å². The molecule has 5 nitrogen and oxygen atoms in total. The molecule has 1 fully saturated rings. The van der Waals surface area contributed by atoms with Gasteiger partial charge in [-0.15, -0.1) is 0 Å². The molecule has 0 radical (unpaired) electrons. The second-order valence-electron chi connectivity index (χ2n) is 5.62. The van der Waals surface area contributed by atoms with Crippen LogP contribution in [0.5, 0.6) is 0 Å². The number of hydrogen-bond acceptors (Lipinski definition) is 3. The summed E-state index contributed by atoms with van der Waals surface area (Å²) in [6, 6.07) is 7.38. The molecule has 2 heterocycles. The zero-order valence-corrected chi connectivity index (χ0v) is 13.9. The summed E-state index contributed by atoms with van der Waals surface area (Å²) in [5.41, 5.74) is 1.42. The van der Waals surface area contributed by atoms with Crippen LogP contribution in [0.2, 0.25) is 5.02 Å². The number of aromatic nitrogens is 2. The molecule has 1 amide bonds. The molecule has 1 aliphatic rings. The van der Waals surface area contributed by atoms with Crippen molar-refractivity contribution in [3.8, 4) is 5.69 Å². The van der Waals surface area contributed by atoms with Crippen molar-refractivity contribution in [2.24, 2.45) is 0 Å². The second kappa shape index (κ2) is 7.15. The van der Waals surface area contributed by atoms with Gasteiger partial charge in [0.05, 0.1) is 23.6 Å². The van der Waals surface area contributed by atoms with E-state index in [-0.39, 0.29) is 12.0 Å². The van der Waals surface area contributed by atoms with Crippen LogP contribution in [0.3, 0.4) is 0 Å². The lowest BCUT2D eigenvalue weighted by Gasteiger charge is -2.32. The van der Waals surface area contributed by atoms with E-state index in [2.05, 4.69) is 5.10 Å². The molecular formula is C17H20ClN3O2. The molecule has 2 aromatic rings. The van der Waals surface area contributed by atoms with Crippen LogP contribution in [0.4, 0.5) is 0 Å². The number of rotatable bonds is 4. The Kier molecular flexibility index (Phi) is 4.98. The minimum atomic E-state index is 0.00248. The van der Waals surface area contributed by atoms with Crippen molar-refractivity contribution in [2.45, 2.75) is 25.9 Å². The molecule has 122 valence electrons. The number of benzene rings is 1. The second-order valence-corrected chi connectivity index (χ2v) is 6.06. The smallest absolute Gasteiger partial charge is 0.257 e. The van der Waals surface area contributed by atoms with Crippen molar-refractivity contribution in [2.75, 3.05) is 19.7 Å². The van der Waals surface area contributed by atoms with E-state index in [4.69, 9.17) is 16.3 Å². The van der Waals surface area contributed by atoms with Crippen LogP contribution in [-0.2, 0) is 4.74 Å². The number of carbonyl (C=O) groups is 1. The van der Waals surface area contributed by atoms with Crippen LogP contribution in [0, 0.1) is 0 Å². The highest BCUT2D eigenvalue weighted by atomic mass is 35.5. The summed E-state index contributed by atoms with van der Waals surface area (Å²) < 4.78 is 7.33. The highest BCUT2D eigenvalue weighted by Crippen LogP contribution is 2.18. The highest BCUT2D eigenvalue weighted by Gasteiger charge is 2.25. The first-order chi connectivity index (χ1) is 11.2. The molecule has 0 unspecified atom stereocenters. The molecule has 0 bridgehead atoms. The Balaban J connectivity index is 1.73. The van der Waals surface area contributed by atoms with Gasteiger partial charge in [-0.3, -0.25) is 4.79 Å². The summed E-state index contributed by atoms with van der Waals surface area (Å²) in [5, 5.41) is 4.92. The Bertz CT molecular complexity index is 684.